The number of hydrogen-bond donors (Lipinski definition) is 0. The van der Waals surface area contributed by atoms with Gasteiger partial charge in [0, 0.05) is 30.8 Å². The molecule has 0 spiro atoms. The summed E-state index contributed by atoms with van der Waals surface area (Å²) in [6, 6.07) is 12.3. The van der Waals surface area contributed by atoms with Gasteiger partial charge in [-0.2, -0.15) is 0 Å². The molecule has 0 atom stereocenters. The SMILES string of the molecule is CC.Cc1cnccc1N(C)c1ccccc1. The van der Waals surface area contributed by atoms with Gasteiger partial charge in [-0.3, -0.25) is 4.98 Å². The molecule has 17 heavy (non-hydrogen) atoms. The minimum atomic E-state index is 1.18. The molecule has 2 aromatic rings. The fraction of sp³-hybridized carbons (Fsp3) is 0.267. The van der Waals surface area contributed by atoms with E-state index < -0.39 is 0 Å². The van der Waals surface area contributed by atoms with E-state index in [1.54, 1.807) is 0 Å². The predicted molar refractivity (Wildman–Crippen MR) is 74.8 cm³/mol. The standard InChI is InChI=1S/C13H14N2.C2H6/c1-11-10-14-9-8-13(11)15(2)12-6-4-3-5-7-12;1-2/h3-10H,1-2H3;1-2H3. The molecule has 0 saturated heterocycles. The highest BCUT2D eigenvalue weighted by Gasteiger charge is 2.05. The number of para-hydroxylation sites is 1. The zero-order valence-electron chi connectivity index (χ0n) is 11.0. The third-order valence-electron chi connectivity index (χ3n) is 2.50. The lowest BCUT2D eigenvalue weighted by molar-refractivity contribution is 1.15. The van der Waals surface area contributed by atoms with Gasteiger partial charge in [0.15, 0.2) is 0 Å². The van der Waals surface area contributed by atoms with E-state index in [0.717, 1.165) is 0 Å². The summed E-state index contributed by atoms with van der Waals surface area (Å²) in [5.41, 5.74) is 3.56. The molecule has 0 aliphatic carbocycles. The summed E-state index contributed by atoms with van der Waals surface area (Å²) in [4.78, 5) is 6.26. The van der Waals surface area contributed by atoms with Crippen molar-refractivity contribution >= 4 is 11.4 Å². The minimum absolute atomic E-state index is 1.18. The minimum Gasteiger partial charge on any atom is -0.344 e. The van der Waals surface area contributed by atoms with Gasteiger partial charge >= 0.3 is 0 Å². The summed E-state index contributed by atoms with van der Waals surface area (Å²) in [5, 5.41) is 0. The molecule has 0 amide bonds. The molecule has 1 aromatic carbocycles. The predicted octanol–water partition coefficient (Wildman–Crippen LogP) is 4.18. The third-order valence-corrected chi connectivity index (χ3v) is 2.50. The number of pyridine rings is 1. The number of benzene rings is 1. The Bertz CT molecular complexity index is 438. The summed E-state index contributed by atoms with van der Waals surface area (Å²) in [6.45, 7) is 6.07. The molecule has 1 aromatic heterocycles. The Morgan fingerprint density at radius 3 is 2.24 bits per heavy atom. The van der Waals surface area contributed by atoms with E-state index in [1.165, 1.54) is 16.9 Å². The first-order valence-corrected chi connectivity index (χ1v) is 5.98. The van der Waals surface area contributed by atoms with E-state index in [0.29, 0.717) is 0 Å². The van der Waals surface area contributed by atoms with Gasteiger partial charge in [0.25, 0.3) is 0 Å². The van der Waals surface area contributed by atoms with Crippen LogP contribution in [0, 0.1) is 6.92 Å². The Morgan fingerprint density at radius 1 is 1.00 bits per heavy atom. The molecule has 0 saturated carbocycles. The van der Waals surface area contributed by atoms with Crippen LogP contribution in [0.2, 0.25) is 0 Å². The van der Waals surface area contributed by atoms with Crippen LogP contribution in [0.3, 0.4) is 0 Å². The van der Waals surface area contributed by atoms with Gasteiger partial charge in [-0.05, 0) is 30.7 Å². The zero-order chi connectivity index (χ0) is 12.7. The molecule has 90 valence electrons. The van der Waals surface area contributed by atoms with Crippen molar-refractivity contribution in [2.75, 3.05) is 11.9 Å². The van der Waals surface area contributed by atoms with Crippen molar-refractivity contribution in [2.45, 2.75) is 20.8 Å². The van der Waals surface area contributed by atoms with E-state index in [4.69, 9.17) is 0 Å². The van der Waals surface area contributed by atoms with Crippen LogP contribution >= 0.6 is 0 Å². The summed E-state index contributed by atoms with van der Waals surface area (Å²) in [5.74, 6) is 0. The first-order valence-electron chi connectivity index (χ1n) is 5.98. The summed E-state index contributed by atoms with van der Waals surface area (Å²) < 4.78 is 0. The van der Waals surface area contributed by atoms with E-state index in [-0.39, 0.29) is 0 Å². The largest absolute Gasteiger partial charge is 0.344 e. The van der Waals surface area contributed by atoms with Crippen LogP contribution in [0.1, 0.15) is 19.4 Å². The van der Waals surface area contributed by atoms with Crippen molar-refractivity contribution in [3.8, 4) is 0 Å². The Balaban J connectivity index is 0.000000686. The molecule has 2 rings (SSSR count). The first kappa shape index (κ1) is 13.2. The molecule has 2 nitrogen and oxygen atoms in total. The molecule has 0 aliphatic rings. The fourth-order valence-electron chi connectivity index (χ4n) is 1.63. The van der Waals surface area contributed by atoms with Crippen LogP contribution in [0.25, 0.3) is 0 Å². The maximum absolute atomic E-state index is 4.09. The molecule has 1 heterocycles. The Morgan fingerprint density at radius 2 is 1.65 bits per heavy atom. The fourth-order valence-corrected chi connectivity index (χ4v) is 1.63. The van der Waals surface area contributed by atoms with Gasteiger partial charge < -0.3 is 4.90 Å². The van der Waals surface area contributed by atoms with E-state index in [1.807, 2.05) is 50.5 Å². The molecular weight excluding hydrogens is 208 g/mol. The van der Waals surface area contributed by atoms with Crippen LogP contribution in [0.5, 0.6) is 0 Å². The highest BCUT2D eigenvalue weighted by molar-refractivity contribution is 5.64. The Kier molecular flexibility index (Phi) is 5.21. The molecule has 0 bridgehead atoms. The van der Waals surface area contributed by atoms with Gasteiger partial charge in [-0.15, -0.1) is 0 Å². The van der Waals surface area contributed by atoms with E-state index in [9.17, 15) is 0 Å². The highest BCUT2D eigenvalue weighted by Crippen LogP contribution is 2.24. The van der Waals surface area contributed by atoms with Crippen molar-refractivity contribution in [3.63, 3.8) is 0 Å². The van der Waals surface area contributed by atoms with Crippen LogP contribution in [-0.4, -0.2) is 12.0 Å². The lowest BCUT2D eigenvalue weighted by Gasteiger charge is -2.20. The Hall–Kier alpha value is -1.83. The average molecular weight is 228 g/mol. The van der Waals surface area contributed by atoms with E-state index in [2.05, 4.69) is 36.0 Å². The normalized spacial score (nSPS) is 9.18. The maximum Gasteiger partial charge on any atom is 0.0468 e. The van der Waals surface area contributed by atoms with Crippen LogP contribution in [-0.2, 0) is 0 Å². The lowest BCUT2D eigenvalue weighted by Crippen LogP contribution is -2.10. The molecule has 0 N–H and O–H groups in total. The second-order valence-corrected chi connectivity index (χ2v) is 3.56. The van der Waals surface area contributed by atoms with Crippen molar-refractivity contribution < 1.29 is 0 Å². The number of rotatable bonds is 2. The Labute approximate surface area is 104 Å². The van der Waals surface area contributed by atoms with Crippen molar-refractivity contribution in [3.05, 3.63) is 54.4 Å². The number of hydrogen-bond acceptors (Lipinski definition) is 2. The zero-order valence-corrected chi connectivity index (χ0v) is 11.0. The van der Waals surface area contributed by atoms with Crippen molar-refractivity contribution in [2.24, 2.45) is 0 Å². The molecule has 0 aliphatic heterocycles. The average Bonchev–Trinajstić information content (AvgIpc) is 2.42. The monoisotopic (exact) mass is 228 g/mol. The van der Waals surface area contributed by atoms with Gasteiger partial charge in [-0.1, -0.05) is 32.0 Å². The number of nitrogens with zero attached hydrogens (tertiary/aromatic N) is 2. The number of aromatic nitrogens is 1. The van der Waals surface area contributed by atoms with Crippen LogP contribution in [0.15, 0.2) is 48.8 Å². The number of anilines is 2. The molecule has 2 heteroatoms. The second kappa shape index (κ2) is 6.69. The van der Waals surface area contributed by atoms with Crippen LogP contribution in [0.4, 0.5) is 11.4 Å². The molecule has 0 fully saturated rings. The van der Waals surface area contributed by atoms with Crippen molar-refractivity contribution in [1.82, 2.24) is 4.98 Å². The molecule has 0 unspecified atom stereocenters. The topological polar surface area (TPSA) is 16.1 Å². The lowest BCUT2D eigenvalue weighted by atomic mass is 10.2. The first-order chi connectivity index (χ1) is 8.29. The summed E-state index contributed by atoms with van der Waals surface area (Å²) in [7, 11) is 2.07. The van der Waals surface area contributed by atoms with Crippen LogP contribution < -0.4 is 4.90 Å². The quantitative estimate of drug-likeness (QED) is 0.766. The second-order valence-electron chi connectivity index (χ2n) is 3.56. The van der Waals surface area contributed by atoms with E-state index >= 15 is 0 Å². The van der Waals surface area contributed by atoms with Gasteiger partial charge in [0.05, 0.1) is 0 Å². The summed E-state index contributed by atoms with van der Waals surface area (Å²) >= 11 is 0. The maximum atomic E-state index is 4.09. The molecular formula is C15H20N2. The van der Waals surface area contributed by atoms with Gasteiger partial charge in [0.2, 0.25) is 0 Å². The smallest absolute Gasteiger partial charge is 0.0468 e. The third kappa shape index (κ3) is 3.31. The van der Waals surface area contributed by atoms with Gasteiger partial charge in [-0.25, -0.2) is 0 Å². The number of aryl methyl sites for hydroxylation is 1. The highest BCUT2D eigenvalue weighted by atomic mass is 15.1. The van der Waals surface area contributed by atoms with Crippen molar-refractivity contribution in [1.29, 1.82) is 0 Å². The molecule has 0 radical (unpaired) electrons. The summed E-state index contributed by atoms with van der Waals surface area (Å²) in [6.07, 6.45) is 3.70. The van der Waals surface area contributed by atoms with Gasteiger partial charge in [0.1, 0.15) is 0 Å².